The molecule has 0 saturated heterocycles. The normalized spacial score (nSPS) is 14.0. The number of benzene rings is 1. The van der Waals surface area contributed by atoms with Crippen LogP contribution in [0.5, 0.6) is 5.75 Å². The number of rotatable bonds is 5. The molecule has 0 saturated carbocycles. The van der Waals surface area contributed by atoms with Crippen molar-refractivity contribution >= 4 is 29.0 Å². The summed E-state index contributed by atoms with van der Waals surface area (Å²) in [6, 6.07) is 5.09. The summed E-state index contributed by atoms with van der Waals surface area (Å²) in [5.41, 5.74) is 1.18. The second kappa shape index (κ2) is 6.06. The number of fused-ring (bicyclic) bond motifs is 1. The molecule has 0 atom stereocenters. The second-order valence-corrected chi connectivity index (χ2v) is 4.69. The van der Waals surface area contributed by atoms with Crippen LogP contribution in [-0.2, 0) is 4.79 Å². The summed E-state index contributed by atoms with van der Waals surface area (Å²) in [5.74, 6) is 0.346. The van der Waals surface area contributed by atoms with E-state index in [1.165, 1.54) is 0 Å². The number of hydrogen-bond acceptors (Lipinski definition) is 3. The van der Waals surface area contributed by atoms with Crippen molar-refractivity contribution in [3.05, 3.63) is 23.8 Å². The number of carbonyl (C=O) groups is 2. The summed E-state index contributed by atoms with van der Waals surface area (Å²) in [6.45, 7) is 2.77. The number of alkyl halides is 1. The number of anilines is 1. The molecule has 1 amide bonds. The summed E-state index contributed by atoms with van der Waals surface area (Å²) in [5, 5.41) is 0. The zero-order valence-corrected chi connectivity index (χ0v) is 11.6. The molecule has 2 rings (SSSR count). The Hall–Kier alpha value is -1.55. The van der Waals surface area contributed by atoms with Crippen molar-refractivity contribution in [1.29, 1.82) is 0 Å². The van der Waals surface area contributed by atoms with Gasteiger partial charge >= 0.3 is 0 Å². The number of ketones is 1. The lowest BCUT2D eigenvalue weighted by molar-refractivity contribution is -0.121. The first-order valence-electron chi connectivity index (χ1n) is 6.33. The average Bonchev–Trinajstić information content (AvgIpc) is 2.45. The van der Waals surface area contributed by atoms with E-state index in [1.807, 2.05) is 0 Å². The number of halogens is 1. The van der Waals surface area contributed by atoms with Gasteiger partial charge in [-0.1, -0.05) is 13.3 Å². The predicted molar refractivity (Wildman–Crippen MR) is 74.2 cm³/mol. The molecular formula is C14H16ClNO3. The molecule has 0 aliphatic carbocycles. The number of ether oxygens (including phenoxy) is 1. The molecule has 0 fully saturated rings. The fraction of sp³-hybridized carbons (Fsp3) is 0.429. The number of hydrogen-bond donors (Lipinski definition) is 0. The van der Waals surface area contributed by atoms with Crippen molar-refractivity contribution in [2.75, 3.05) is 23.9 Å². The Balaban J connectivity index is 2.35. The lowest BCUT2D eigenvalue weighted by Crippen LogP contribution is -2.39. The van der Waals surface area contributed by atoms with E-state index < -0.39 is 0 Å². The summed E-state index contributed by atoms with van der Waals surface area (Å²) >= 11 is 5.56. The van der Waals surface area contributed by atoms with E-state index in [1.54, 1.807) is 23.1 Å². The van der Waals surface area contributed by atoms with Gasteiger partial charge in [0.2, 0.25) is 0 Å². The van der Waals surface area contributed by atoms with Crippen LogP contribution >= 0.6 is 11.6 Å². The van der Waals surface area contributed by atoms with E-state index in [9.17, 15) is 9.59 Å². The maximum atomic E-state index is 11.9. The maximum Gasteiger partial charge on any atom is 0.265 e. The van der Waals surface area contributed by atoms with Crippen LogP contribution in [0.3, 0.4) is 0 Å². The van der Waals surface area contributed by atoms with Gasteiger partial charge in [-0.3, -0.25) is 9.59 Å². The molecule has 1 aromatic carbocycles. The lowest BCUT2D eigenvalue weighted by Gasteiger charge is -2.29. The molecule has 1 aliphatic rings. The Morgan fingerprint density at radius 2 is 2.26 bits per heavy atom. The Labute approximate surface area is 117 Å². The van der Waals surface area contributed by atoms with E-state index in [-0.39, 0.29) is 24.2 Å². The van der Waals surface area contributed by atoms with Crippen LogP contribution in [0.25, 0.3) is 0 Å². The zero-order chi connectivity index (χ0) is 13.8. The smallest absolute Gasteiger partial charge is 0.265 e. The molecule has 1 aromatic rings. The van der Waals surface area contributed by atoms with Crippen LogP contribution in [-0.4, -0.2) is 30.7 Å². The van der Waals surface area contributed by atoms with Gasteiger partial charge in [0.1, 0.15) is 5.75 Å². The van der Waals surface area contributed by atoms with Crippen LogP contribution in [0.15, 0.2) is 18.2 Å². The topological polar surface area (TPSA) is 46.6 Å². The van der Waals surface area contributed by atoms with Crippen molar-refractivity contribution in [1.82, 2.24) is 0 Å². The maximum absolute atomic E-state index is 11.9. The Morgan fingerprint density at radius 3 is 2.95 bits per heavy atom. The standard InChI is InChI=1S/C14H16ClNO3/c1-2-3-6-16-11-7-10(12(17)8-15)4-5-13(11)19-9-14(16)18/h4-5,7H,2-3,6,8-9H2,1H3. The Bertz CT molecular complexity index is 501. The number of Topliss-reactive ketones (excluding diaryl/α,β-unsaturated/α-hetero) is 1. The molecule has 0 spiro atoms. The first-order chi connectivity index (χ1) is 9.17. The van der Waals surface area contributed by atoms with Gasteiger partial charge in [-0.05, 0) is 24.6 Å². The van der Waals surface area contributed by atoms with E-state index in [2.05, 4.69) is 6.92 Å². The van der Waals surface area contributed by atoms with Crippen LogP contribution in [0, 0.1) is 0 Å². The van der Waals surface area contributed by atoms with Crippen molar-refractivity contribution < 1.29 is 14.3 Å². The van der Waals surface area contributed by atoms with Gasteiger partial charge in [0, 0.05) is 12.1 Å². The Kier molecular flexibility index (Phi) is 4.43. The first kappa shape index (κ1) is 13.9. The van der Waals surface area contributed by atoms with Gasteiger partial charge in [-0.25, -0.2) is 0 Å². The number of unbranched alkanes of at least 4 members (excludes halogenated alkanes) is 1. The highest BCUT2D eigenvalue weighted by Gasteiger charge is 2.25. The van der Waals surface area contributed by atoms with E-state index in [0.717, 1.165) is 12.8 Å². The minimum absolute atomic E-state index is 0.0551. The molecule has 1 aliphatic heterocycles. The zero-order valence-electron chi connectivity index (χ0n) is 10.8. The molecule has 0 unspecified atom stereocenters. The average molecular weight is 282 g/mol. The first-order valence-corrected chi connectivity index (χ1v) is 6.87. The van der Waals surface area contributed by atoms with Crippen LogP contribution in [0.1, 0.15) is 30.1 Å². The molecular weight excluding hydrogens is 266 g/mol. The summed E-state index contributed by atoms with van der Waals surface area (Å²) in [7, 11) is 0. The largest absolute Gasteiger partial charge is 0.482 e. The third-order valence-corrected chi connectivity index (χ3v) is 3.32. The minimum Gasteiger partial charge on any atom is -0.482 e. The quantitative estimate of drug-likeness (QED) is 0.616. The molecule has 0 bridgehead atoms. The SMILES string of the molecule is CCCCN1C(=O)COc2ccc(C(=O)CCl)cc21. The van der Waals surface area contributed by atoms with Crippen molar-refractivity contribution in [2.24, 2.45) is 0 Å². The molecule has 5 heteroatoms. The highest BCUT2D eigenvalue weighted by atomic mass is 35.5. The van der Waals surface area contributed by atoms with E-state index >= 15 is 0 Å². The number of carbonyl (C=O) groups excluding carboxylic acids is 2. The molecule has 1 heterocycles. The fourth-order valence-electron chi connectivity index (χ4n) is 2.01. The highest BCUT2D eigenvalue weighted by Crippen LogP contribution is 2.33. The number of amides is 1. The fourth-order valence-corrected chi connectivity index (χ4v) is 2.17. The van der Waals surface area contributed by atoms with Gasteiger partial charge in [0.25, 0.3) is 5.91 Å². The van der Waals surface area contributed by atoms with Gasteiger partial charge in [-0.15, -0.1) is 11.6 Å². The molecule has 4 nitrogen and oxygen atoms in total. The van der Waals surface area contributed by atoms with Crippen molar-refractivity contribution in [3.8, 4) is 5.75 Å². The lowest BCUT2D eigenvalue weighted by atomic mass is 10.1. The second-order valence-electron chi connectivity index (χ2n) is 4.43. The third kappa shape index (κ3) is 2.89. The molecule has 0 radical (unpaired) electrons. The summed E-state index contributed by atoms with van der Waals surface area (Å²) in [4.78, 5) is 25.2. The minimum atomic E-state index is -0.155. The molecule has 102 valence electrons. The van der Waals surface area contributed by atoms with Crippen molar-refractivity contribution in [3.63, 3.8) is 0 Å². The predicted octanol–water partition coefficient (Wildman–Crippen LogP) is 2.63. The Morgan fingerprint density at radius 1 is 1.47 bits per heavy atom. The molecule has 0 aromatic heterocycles. The van der Waals surface area contributed by atoms with Crippen LogP contribution < -0.4 is 9.64 Å². The van der Waals surface area contributed by atoms with Gasteiger partial charge < -0.3 is 9.64 Å². The summed E-state index contributed by atoms with van der Waals surface area (Å²) in [6.07, 6.45) is 1.92. The monoisotopic (exact) mass is 281 g/mol. The van der Waals surface area contributed by atoms with Crippen LogP contribution in [0.4, 0.5) is 5.69 Å². The molecule has 0 N–H and O–H groups in total. The third-order valence-electron chi connectivity index (χ3n) is 3.08. The van der Waals surface area contributed by atoms with Gasteiger partial charge in [0.15, 0.2) is 12.4 Å². The van der Waals surface area contributed by atoms with Gasteiger partial charge in [-0.2, -0.15) is 0 Å². The summed E-state index contributed by atoms with van der Waals surface area (Å²) < 4.78 is 5.38. The van der Waals surface area contributed by atoms with Crippen molar-refractivity contribution in [2.45, 2.75) is 19.8 Å². The van der Waals surface area contributed by atoms with E-state index in [4.69, 9.17) is 16.3 Å². The van der Waals surface area contributed by atoms with Crippen LogP contribution in [0.2, 0.25) is 0 Å². The highest BCUT2D eigenvalue weighted by molar-refractivity contribution is 6.30. The number of nitrogens with zero attached hydrogens (tertiary/aromatic N) is 1. The van der Waals surface area contributed by atoms with E-state index in [0.29, 0.717) is 23.5 Å². The van der Waals surface area contributed by atoms with Gasteiger partial charge in [0.05, 0.1) is 11.6 Å². The molecule has 19 heavy (non-hydrogen) atoms.